The quantitative estimate of drug-likeness (QED) is 0.698. The van der Waals surface area contributed by atoms with Crippen LogP contribution in [0.3, 0.4) is 0 Å². The number of carbonyl (C=O) groups is 1. The van der Waals surface area contributed by atoms with Gasteiger partial charge in [-0.15, -0.1) is 10.2 Å². The maximum atomic E-state index is 12.6. The van der Waals surface area contributed by atoms with Crippen LogP contribution in [0.2, 0.25) is 0 Å². The summed E-state index contributed by atoms with van der Waals surface area (Å²) in [6.07, 6.45) is 3.20. The van der Waals surface area contributed by atoms with Crippen LogP contribution in [0.25, 0.3) is 0 Å². The fourth-order valence-electron chi connectivity index (χ4n) is 2.50. The van der Waals surface area contributed by atoms with E-state index in [0.717, 1.165) is 18.5 Å². The summed E-state index contributed by atoms with van der Waals surface area (Å²) < 4.78 is 6.39. The molecule has 11 nitrogen and oxygen atoms in total. The molecule has 1 N–H and O–H groups in total. The lowest BCUT2D eigenvalue weighted by Crippen LogP contribution is -2.35. The normalized spacial score (nSPS) is 14.0. The Morgan fingerprint density at radius 3 is 3.17 bits per heavy atom. The molecule has 0 saturated heterocycles. The topological polar surface area (TPSA) is 132 Å². The van der Waals surface area contributed by atoms with E-state index in [4.69, 9.17) is 4.52 Å². The number of hydrogen-bond acceptors (Lipinski definition) is 8. The molecule has 0 radical (unpaired) electrons. The third-order valence-corrected chi connectivity index (χ3v) is 3.53. The van der Waals surface area contributed by atoms with Crippen LogP contribution in [0.15, 0.2) is 10.7 Å². The van der Waals surface area contributed by atoms with Crippen LogP contribution in [-0.2, 0) is 13.0 Å². The third-order valence-electron chi connectivity index (χ3n) is 3.53. The van der Waals surface area contributed by atoms with E-state index < -0.39 is 0 Å². The van der Waals surface area contributed by atoms with E-state index in [1.165, 1.54) is 4.68 Å². The molecule has 23 heavy (non-hydrogen) atoms. The number of carbonyl (C=O) groups excluding carboxylic acids is 1. The minimum Gasteiger partial charge on any atom is -0.340 e. The van der Waals surface area contributed by atoms with Crippen molar-refractivity contribution in [1.82, 2.24) is 40.5 Å². The number of aromatic nitrogens is 8. The monoisotopic (exact) mass is 315 g/mol. The van der Waals surface area contributed by atoms with Crippen LogP contribution >= 0.6 is 0 Å². The number of anilines is 1. The molecule has 3 aromatic heterocycles. The number of H-pyrrole nitrogens is 1. The lowest BCUT2D eigenvalue weighted by molar-refractivity contribution is 0.0979. The Balaban J connectivity index is 1.54. The van der Waals surface area contributed by atoms with Gasteiger partial charge in [-0.2, -0.15) is 15.3 Å². The van der Waals surface area contributed by atoms with Crippen molar-refractivity contribution >= 4 is 11.7 Å². The molecule has 4 rings (SSSR count). The zero-order valence-corrected chi connectivity index (χ0v) is 12.3. The molecule has 1 amide bonds. The van der Waals surface area contributed by atoms with Gasteiger partial charge < -0.3 is 4.52 Å². The molecular weight excluding hydrogens is 302 g/mol. The van der Waals surface area contributed by atoms with Gasteiger partial charge in [-0.3, -0.25) is 9.69 Å². The number of fused-ring (bicyclic) bond motifs is 1. The molecule has 0 bridgehead atoms. The molecule has 0 atom stereocenters. The Kier molecular flexibility index (Phi) is 3.10. The maximum absolute atomic E-state index is 12.6. The summed E-state index contributed by atoms with van der Waals surface area (Å²) in [5.41, 5.74) is 1.03. The van der Waals surface area contributed by atoms with E-state index in [2.05, 4.69) is 35.9 Å². The highest BCUT2D eigenvalue weighted by Crippen LogP contribution is 2.23. The van der Waals surface area contributed by atoms with E-state index in [-0.39, 0.29) is 18.1 Å². The SMILES string of the molecule is Cc1nc(Cn2cc(C(=O)N3CCCc4n[nH]nc43)nn2)no1. The van der Waals surface area contributed by atoms with Gasteiger partial charge in [-0.1, -0.05) is 10.4 Å². The van der Waals surface area contributed by atoms with E-state index >= 15 is 0 Å². The molecule has 0 saturated carbocycles. The third kappa shape index (κ3) is 2.45. The number of amides is 1. The highest BCUT2D eigenvalue weighted by molar-refractivity contribution is 6.04. The molecule has 11 heteroatoms. The molecule has 3 aromatic rings. The first-order chi connectivity index (χ1) is 11.2. The minimum atomic E-state index is -0.254. The van der Waals surface area contributed by atoms with Crippen molar-refractivity contribution in [2.24, 2.45) is 0 Å². The fourth-order valence-corrected chi connectivity index (χ4v) is 2.50. The van der Waals surface area contributed by atoms with Crippen LogP contribution < -0.4 is 4.90 Å². The van der Waals surface area contributed by atoms with Gasteiger partial charge in [0.2, 0.25) is 5.89 Å². The average Bonchev–Trinajstić information content (AvgIpc) is 3.27. The number of nitrogens with zero attached hydrogens (tertiary/aromatic N) is 8. The lowest BCUT2D eigenvalue weighted by Gasteiger charge is -2.23. The smallest absolute Gasteiger partial charge is 0.281 e. The Labute approximate surface area is 129 Å². The Morgan fingerprint density at radius 1 is 1.43 bits per heavy atom. The van der Waals surface area contributed by atoms with Crippen molar-refractivity contribution in [3.63, 3.8) is 0 Å². The molecule has 1 aliphatic rings. The average molecular weight is 315 g/mol. The van der Waals surface area contributed by atoms with Crippen molar-refractivity contribution in [3.05, 3.63) is 29.3 Å². The number of rotatable bonds is 3. The van der Waals surface area contributed by atoms with Gasteiger partial charge in [0.15, 0.2) is 17.3 Å². The fraction of sp³-hybridized carbons (Fsp3) is 0.417. The van der Waals surface area contributed by atoms with Crippen LogP contribution in [0, 0.1) is 6.92 Å². The van der Waals surface area contributed by atoms with Gasteiger partial charge in [-0.25, -0.2) is 4.68 Å². The molecule has 0 spiro atoms. The Bertz CT molecular complexity index is 848. The van der Waals surface area contributed by atoms with E-state index in [0.29, 0.717) is 24.1 Å². The van der Waals surface area contributed by atoms with E-state index in [1.54, 1.807) is 18.0 Å². The number of aryl methyl sites for hydroxylation is 2. The van der Waals surface area contributed by atoms with Crippen LogP contribution in [-0.4, -0.2) is 53.0 Å². The molecular formula is C12H13N9O2. The Hall–Kier alpha value is -3.11. The van der Waals surface area contributed by atoms with Crippen molar-refractivity contribution in [3.8, 4) is 0 Å². The van der Waals surface area contributed by atoms with Crippen molar-refractivity contribution in [2.75, 3.05) is 11.4 Å². The second-order valence-corrected chi connectivity index (χ2v) is 5.19. The highest BCUT2D eigenvalue weighted by atomic mass is 16.5. The number of hydrogen-bond donors (Lipinski definition) is 1. The summed E-state index contributed by atoms with van der Waals surface area (Å²) in [7, 11) is 0. The minimum absolute atomic E-state index is 0.237. The zero-order chi connectivity index (χ0) is 15.8. The molecule has 0 fully saturated rings. The highest BCUT2D eigenvalue weighted by Gasteiger charge is 2.28. The first-order valence-corrected chi connectivity index (χ1v) is 7.11. The van der Waals surface area contributed by atoms with Crippen molar-refractivity contribution in [1.29, 1.82) is 0 Å². The summed E-state index contributed by atoms with van der Waals surface area (Å²) in [4.78, 5) is 18.3. The Morgan fingerprint density at radius 2 is 2.35 bits per heavy atom. The molecule has 0 aromatic carbocycles. The predicted molar refractivity (Wildman–Crippen MR) is 74.5 cm³/mol. The van der Waals surface area contributed by atoms with E-state index in [9.17, 15) is 4.79 Å². The van der Waals surface area contributed by atoms with Gasteiger partial charge in [0, 0.05) is 13.5 Å². The van der Waals surface area contributed by atoms with Crippen LogP contribution in [0.1, 0.15) is 34.3 Å². The van der Waals surface area contributed by atoms with E-state index in [1.807, 2.05) is 0 Å². The molecule has 4 heterocycles. The van der Waals surface area contributed by atoms with Crippen molar-refractivity contribution in [2.45, 2.75) is 26.3 Å². The lowest BCUT2D eigenvalue weighted by atomic mass is 10.1. The van der Waals surface area contributed by atoms with Gasteiger partial charge in [-0.05, 0) is 12.8 Å². The second kappa shape index (κ2) is 5.26. The largest absolute Gasteiger partial charge is 0.340 e. The summed E-state index contributed by atoms with van der Waals surface area (Å²) in [5, 5.41) is 22.3. The van der Waals surface area contributed by atoms with Crippen LogP contribution in [0.5, 0.6) is 0 Å². The number of aromatic amines is 1. The van der Waals surface area contributed by atoms with Crippen molar-refractivity contribution < 1.29 is 9.32 Å². The number of nitrogens with one attached hydrogen (secondary N) is 1. The summed E-state index contributed by atoms with van der Waals surface area (Å²) in [6.45, 7) is 2.57. The molecule has 0 unspecified atom stereocenters. The van der Waals surface area contributed by atoms with Crippen LogP contribution in [0.4, 0.5) is 5.82 Å². The first-order valence-electron chi connectivity index (χ1n) is 7.11. The first kappa shape index (κ1) is 13.5. The predicted octanol–water partition coefficient (Wildman–Crippen LogP) is -0.271. The molecule has 1 aliphatic heterocycles. The maximum Gasteiger partial charge on any atom is 0.281 e. The summed E-state index contributed by atoms with van der Waals surface area (Å²) in [5.74, 6) is 1.26. The van der Waals surface area contributed by atoms with Gasteiger partial charge >= 0.3 is 0 Å². The molecule has 0 aliphatic carbocycles. The standard InChI is InChI=1S/C12H13N9O2/c1-7-13-10(17-23-7)6-20-5-9(15-19-20)12(22)21-4-2-3-8-11(21)16-18-14-8/h5H,2-4,6H2,1H3,(H,14,16,18). The zero-order valence-electron chi connectivity index (χ0n) is 12.3. The molecule has 118 valence electrons. The summed E-state index contributed by atoms with van der Waals surface area (Å²) >= 11 is 0. The van der Waals surface area contributed by atoms with Gasteiger partial charge in [0.05, 0.1) is 6.20 Å². The van der Waals surface area contributed by atoms with Gasteiger partial charge in [0.25, 0.3) is 5.91 Å². The second-order valence-electron chi connectivity index (χ2n) is 5.19. The summed E-state index contributed by atoms with van der Waals surface area (Å²) in [6, 6.07) is 0. The van der Waals surface area contributed by atoms with Gasteiger partial charge in [0.1, 0.15) is 12.2 Å².